The molecule has 1 heterocycles. The number of rotatable bonds is 2. The Kier molecular flexibility index (Phi) is 2.49. The number of nitrogen functional groups attached to an aromatic ring is 1. The Balaban J connectivity index is 2.59. The first-order valence-corrected chi connectivity index (χ1v) is 5.28. The van der Waals surface area contributed by atoms with Crippen molar-refractivity contribution in [1.82, 2.24) is 0 Å². The minimum absolute atomic E-state index is 0.0140. The molecule has 6 heteroatoms. The molecule has 3 N–H and O–H groups in total. The number of phenolic OH excluding ortho intramolecular Hbond substituents is 1. The molecule has 1 aromatic heterocycles. The van der Waals surface area contributed by atoms with E-state index >= 15 is 0 Å². The molecule has 0 unspecified atom stereocenters. The van der Waals surface area contributed by atoms with E-state index < -0.39 is 4.92 Å². The number of aromatic hydroxyl groups is 1. The van der Waals surface area contributed by atoms with Crippen LogP contribution in [-0.4, -0.2) is 10.0 Å². The summed E-state index contributed by atoms with van der Waals surface area (Å²) >= 11 is 1.02. The van der Waals surface area contributed by atoms with Gasteiger partial charge in [-0.3, -0.25) is 10.1 Å². The summed E-state index contributed by atoms with van der Waals surface area (Å²) in [7, 11) is 0. The number of phenols is 1. The van der Waals surface area contributed by atoms with Gasteiger partial charge in [0.2, 0.25) is 0 Å². The van der Waals surface area contributed by atoms with E-state index in [4.69, 9.17) is 5.73 Å². The first kappa shape index (κ1) is 10.4. The second-order valence-electron chi connectivity index (χ2n) is 3.17. The van der Waals surface area contributed by atoms with Gasteiger partial charge in [0.25, 0.3) is 0 Å². The highest BCUT2D eigenvalue weighted by molar-refractivity contribution is 7.13. The summed E-state index contributed by atoms with van der Waals surface area (Å²) in [5.74, 6) is -0.0542. The van der Waals surface area contributed by atoms with Crippen LogP contribution in [0.2, 0.25) is 0 Å². The standard InChI is InChI=1S/C10H8N2O3S/c11-6-1-2-7(9(13)5-6)8-3-4-16-10(8)12(14)15/h1-5,13H,11H2. The molecule has 2 aromatic rings. The summed E-state index contributed by atoms with van der Waals surface area (Å²) in [5.41, 5.74) is 6.73. The number of benzene rings is 1. The fourth-order valence-electron chi connectivity index (χ4n) is 1.42. The van der Waals surface area contributed by atoms with Crippen LogP contribution < -0.4 is 5.73 Å². The number of nitro groups is 1. The molecule has 0 aliphatic rings. The Bertz CT molecular complexity index is 551. The zero-order chi connectivity index (χ0) is 11.7. The number of hydrogen-bond acceptors (Lipinski definition) is 5. The van der Waals surface area contributed by atoms with Crippen molar-refractivity contribution in [3.8, 4) is 16.9 Å². The van der Waals surface area contributed by atoms with Crippen LogP contribution in [0.5, 0.6) is 5.75 Å². The van der Waals surface area contributed by atoms with Crippen molar-refractivity contribution in [3.63, 3.8) is 0 Å². The number of hydrogen-bond donors (Lipinski definition) is 2. The summed E-state index contributed by atoms with van der Waals surface area (Å²) in [6.07, 6.45) is 0. The van der Waals surface area contributed by atoms with Gasteiger partial charge in [0, 0.05) is 17.3 Å². The fraction of sp³-hybridized carbons (Fsp3) is 0. The van der Waals surface area contributed by atoms with Crippen molar-refractivity contribution < 1.29 is 10.0 Å². The van der Waals surface area contributed by atoms with Gasteiger partial charge in [-0.1, -0.05) is 11.3 Å². The summed E-state index contributed by atoms with van der Waals surface area (Å²) in [6, 6.07) is 6.14. The van der Waals surface area contributed by atoms with E-state index in [0.717, 1.165) is 11.3 Å². The van der Waals surface area contributed by atoms with E-state index in [2.05, 4.69) is 0 Å². The molecule has 0 atom stereocenters. The van der Waals surface area contributed by atoms with Crippen LogP contribution in [0.25, 0.3) is 11.1 Å². The minimum Gasteiger partial charge on any atom is -0.507 e. The predicted octanol–water partition coefficient (Wildman–Crippen LogP) is 2.61. The van der Waals surface area contributed by atoms with Crippen molar-refractivity contribution in [2.75, 3.05) is 5.73 Å². The molecule has 5 nitrogen and oxygen atoms in total. The minimum atomic E-state index is -0.463. The lowest BCUT2D eigenvalue weighted by atomic mass is 10.1. The number of thiophene rings is 1. The van der Waals surface area contributed by atoms with Crippen molar-refractivity contribution in [3.05, 3.63) is 39.8 Å². The van der Waals surface area contributed by atoms with Gasteiger partial charge in [-0.2, -0.15) is 0 Å². The van der Waals surface area contributed by atoms with Crippen molar-refractivity contribution >= 4 is 22.0 Å². The maximum absolute atomic E-state index is 10.7. The first-order valence-electron chi connectivity index (χ1n) is 4.40. The smallest absolute Gasteiger partial charge is 0.331 e. The molecule has 16 heavy (non-hydrogen) atoms. The second kappa shape index (κ2) is 3.82. The maximum atomic E-state index is 10.7. The highest BCUT2D eigenvalue weighted by atomic mass is 32.1. The van der Waals surface area contributed by atoms with Gasteiger partial charge >= 0.3 is 5.00 Å². The molecule has 0 amide bonds. The normalized spacial score (nSPS) is 10.2. The van der Waals surface area contributed by atoms with Crippen LogP contribution in [0.3, 0.4) is 0 Å². The highest BCUT2D eigenvalue weighted by Crippen LogP contribution is 2.39. The zero-order valence-electron chi connectivity index (χ0n) is 8.08. The third-order valence-electron chi connectivity index (χ3n) is 2.12. The Hall–Kier alpha value is -2.08. The molecule has 0 fully saturated rings. The summed E-state index contributed by atoms with van der Waals surface area (Å²) in [4.78, 5) is 10.3. The van der Waals surface area contributed by atoms with Crippen molar-refractivity contribution in [2.24, 2.45) is 0 Å². The topological polar surface area (TPSA) is 89.4 Å². The quantitative estimate of drug-likeness (QED) is 0.476. The van der Waals surface area contributed by atoms with E-state index in [1.54, 1.807) is 23.6 Å². The molecule has 82 valence electrons. The molecule has 1 aromatic carbocycles. The number of nitrogens with zero attached hydrogens (tertiary/aromatic N) is 1. The van der Waals surface area contributed by atoms with E-state index in [9.17, 15) is 15.2 Å². The monoisotopic (exact) mass is 236 g/mol. The third kappa shape index (κ3) is 1.70. The van der Waals surface area contributed by atoms with Gasteiger partial charge in [0.1, 0.15) is 5.75 Å². The Labute approximate surface area is 94.9 Å². The molecule has 0 saturated carbocycles. The largest absolute Gasteiger partial charge is 0.507 e. The second-order valence-corrected chi connectivity index (χ2v) is 4.07. The summed E-state index contributed by atoms with van der Waals surface area (Å²) in [6.45, 7) is 0. The lowest BCUT2D eigenvalue weighted by Crippen LogP contribution is -1.88. The summed E-state index contributed by atoms with van der Waals surface area (Å²) < 4.78 is 0. The van der Waals surface area contributed by atoms with Crippen LogP contribution in [0.1, 0.15) is 0 Å². The van der Waals surface area contributed by atoms with Crippen LogP contribution in [0.15, 0.2) is 29.6 Å². The number of nitrogens with two attached hydrogens (primary N) is 1. The van der Waals surface area contributed by atoms with Gasteiger partial charge in [-0.05, 0) is 23.6 Å². The molecule has 0 aliphatic heterocycles. The van der Waals surface area contributed by atoms with Crippen LogP contribution in [-0.2, 0) is 0 Å². The lowest BCUT2D eigenvalue weighted by Gasteiger charge is -2.02. The van der Waals surface area contributed by atoms with Gasteiger partial charge < -0.3 is 10.8 Å². The predicted molar refractivity (Wildman–Crippen MR) is 62.5 cm³/mol. The van der Waals surface area contributed by atoms with Gasteiger partial charge in [-0.25, -0.2) is 0 Å². The van der Waals surface area contributed by atoms with Crippen LogP contribution in [0, 0.1) is 10.1 Å². The third-order valence-corrected chi connectivity index (χ3v) is 2.99. The van der Waals surface area contributed by atoms with Crippen molar-refractivity contribution in [2.45, 2.75) is 0 Å². The molecule has 0 radical (unpaired) electrons. The molecule has 0 saturated heterocycles. The molecular weight excluding hydrogens is 228 g/mol. The average molecular weight is 236 g/mol. The molecule has 0 aliphatic carbocycles. The molecular formula is C10H8N2O3S. The highest BCUT2D eigenvalue weighted by Gasteiger charge is 2.19. The lowest BCUT2D eigenvalue weighted by molar-refractivity contribution is -0.379. The van der Waals surface area contributed by atoms with E-state index in [1.807, 2.05) is 0 Å². The molecule has 0 bridgehead atoms. The van der Waals surface area contributed by atoms with Crippen LogP contribution in [0.4, 0.5) is 10.7 Å². The van der Waals surface area contributed by atoms with E-state index in [-0.39, 0.29) is 10.8 Å². The average Bonchev–Trinajstić information content (AvgIpc) is 2.66. The Morgan fingerprint density at radius 1 is 1.31 bits per heavy atom. The number of anilines is 1. The maximum Gasteiger partial charge on any atom is 0.331 e. The van der Waals surface area contributed by atoms with E-state index in [0.29, 0.717) is 16.8 Å². The Morgan fingerprint density at radius 2 is 2.06 bits per heavy atom. The molecule has 2 rings (SSSR count). The van der Waals surface area contributed by atoms with Gasteiger partial charge in [-0.15, -0.1) is 0 Å². The van der Waals surface area contributed by atoms with Crippen LogP contribution >= 0.6 is 11.3 Å². The SMILES string of the molecule is Nc1ccc(-c2ccsc2[N+](=O)[O-])c(O)c1. The fourth-order valence-corrected chi connectivity index (χ4v) is 2.15. The first-order chi connectivity index (χ1) is 7.59. The molecule has 0 spiro atoms. The Morgan fingerprint density at radius 3 is 2.69 bits per heavy atom. The van der Waals surface area contributed by atoms with E-state index in [1.165, 1.54) is 6.07 Å². The zero-order valence-corrected chi connectivity index (χ0v) is 8.90. The van der Waals surface area contributed by atoms with Crippen molar-refractivity contribution in [1.29, 1.82) is 0 Å². The summed E-state index contributed by atoms with van der Waals surface area (Å²) in [5, 5.41) is 22.0. The van der Waals surface area contributed by atoms with Gasteiger partial charge in [0.05, 0.1) is 10.5 Å². The van der Waals surface area contributed by atoms with Gasteiger partial charge in [0.15, 0.2) is 0 Å².